The lowest BCUT2D eigenvalue weighted by Crippen LogP contribution is -2.22. The van der Waals surface area contributed by atoms with Gasteiger partial charge in [-0.2, -0.15) is 0 Å². The summed E-state index contributed by atoms with van der Waals surface area (Å²) in [7, 11) is 0. The second-order valence-corrected chi connectivity index (χ2v) is 6.16. The molecule has 0 saturated carbocycles. The first-order chi connectivity index (χ1) is 10.3. The molecule has 5 heteroatoms. The van der Waals surface area contributed by atoms with Crippen LogP contribution in [0.1, 0.15) is 32.0 Å². The second-order valence-electron chi connectivity index (χ2n) is 5.73. The van der Waals surface area contributed by atoms with Gasteiger partial charge in [0.05, 0.1) is 16.8 Å². The van der Waals surface area contributed by atoms with Crippen molar-refractivity contribution in [3.05, 3.63) is 46.6 Å². The number of pyridine rings is 1. The maximum absolute atomic E-state index is 11.7. The molecule has 22 heavy (non-hydrogen) atoms. The Labute approximate surface area is 133 Å². The van der Waals surface area contributed by atoms with Crippen LogP contribution in [0.25, 0.3) is 17.0 Å². The van der Waals surface area contributed by atoms with Gasteiger partial charge >= 0.3 is 5.97 Å². The van der Waals surface area contributed by atoms with Crippen LogP contribution in [-0.2, 0) is 14.3 Å². The molecule has 0 aliphatic heterocycles. The minimum atomic E-state index is -0.575. The Kier molecular flexibility index (Phi) is 4.62. The lowest BCUT2D eigenvalue weighted by molar-refractivity contribution is -0.148. The maximum Gasteiger partial charge on any atom is 0.331 e. The van der Waals surface area contributed by atoms with Crippen molar-refractivity contribution in [3.8, 4) is 0 Å². The van der Waals surface area contributed by atoms with Gasteiger partial charge in [0.15, 0.2) is 0 Å². The molecule has 0 aliphatic rings. The van der Waals surface area contributed by atoms with Crippen molar-refractivity contribution in [1.82, 2.24) is 4.98 Å². The number of halogens is 1. The Balaban J connectivity index is 2.36. The van der Waals surface area contributed by atoms with Crippen molar-refractivity contribution in [2.75, 3.05) is 0 Å². The molecule has 0 aliphatic carbocycles. The van der Waals surface area contributed by atoms with E-state index in [1.165, 1.54) is 12.2 Å². The summed E-state index contributed by atoms with van der Waals surface area (Å²) in [5.41, 5.74) is 0.715. The van der Waals surface area contributed by atoms with E-state index in [0.29, 0.717) is 16.2 Å². The summed E-state index contributed by atoms with van der Waals surface area (Å²) in [6.07, 6.45) is 4.51. The van der Waals surface area contributed by atoms with Crippen LogP contribution in [0.4, 0.5) is 0 Å². The van der Waals surface area contributed by atoms with Crippen LogP contribution >= 0.6 is 11.6 Å². The van der Waals surface area contributed by atoms with E-state index >= 15 is 0 Å². The zero-order valence-corrected chi connectivity index (χ0v) is 13.3. The number of aromatic nitrogens is 1. The van der Waals surface area contributed by atoms with Crippen LogP contribution < -0.4 is 0 Å². The summed E-state index contributed by atoms with van der Waals surface area (Å²) in [5.74, 6) is -0.498. The number of carbonyl (C=O) groups is 1. The molecule has 0 atom stereocenters. The molecule has 0 bridgehead atoms. The highest BCUT2D eigenvalue weighted by Crippen LogP contribution is 2.21. The smallest absolute Gasteiger partial charge is 0.331 e. The fourth-order valence-electron chi connectivity index (χ4n) is 1.85. The first-order valence-corrected chi connectivity index (χ1v) is 7.06. The van der Waals surface area contributed by atoms with E-state index in [2.05, 4.69) is 4.98 Å². The molecule has 1 aromatic carbocycles. The number of esters is 1. The molecule has 0 spiro atoms. The van der Waals surface area contributed by atoms with Crippen molar-refractivity contribution in [1.29, 1.82) is 0 Å². The van der Waals surface area contributed by atoms with E-state index in [9.17, 15) is 9.59 Å². The standard InChI is InChI=1S/C17H15ClNO3/c1-17(2,3)22-16(21)7-6-15-12(10-20)8-11-9-13(18)4-5-14(11)19-15/h4-9H,1-3H3/b7-6+. The molecule has 0 N–H and O–H groups in total. The number of ether oxygens (including phenoxy) is 1. The number of hydrogen-bond acceptors (Lipinski definition) is 4. The van der Waals surface area contributed by atoms with Gasteiger partial charge < -0.3 is 4.74 Å². The van der Waals surface area contributed by atoms with Crippen molar-refractivity contribution in [2.45, 2.75) is 26.4 Å². The number of benzene rings is 1. The van der Waals surface area contributed by atoms with Crippen LogP contribution in [0.15, 0.2) is 30.3 Å². The summed E-state index contributed by atoms with van der Waals surface area (Å²) in [5, 5.41) is 1.29. The molecule has 0 saturated heterocycles. The highest BCUT2D eigenvalue weighted by Gasteiger charge is 2.14. The van der Waals surface area contributed by atoms with E-state index in [0.717, 1.165) is 5.39 Å². The lowest BCUT2D eigenvalue weighted by atomic mass is 10.1. The number of rotatable bonds is 3. The van der Waals surface area contributed by atoms with Gasteiger partial charge in [-0.05, 0) is 51.1 Å². The van der Waals surface area contributed by atoms with E-state index < -0.39 is 11.6 Å². The predicted octanol–water partition coefficient (Wildman–Crippen LogP) is 3.70. The van der Waals surface area contributed by atoms with Gasteiger partial charge in [-0.15, -0.1) is 0 Å². The fraction of sp³-hybridized carbons (Fsp3) is 0.235. The topological polar surface area (TPSA) is 56.3 Å². The van der Waals surface area contributed by atoms with E-state index in [1.54, 1.807) is 45.0 Å². The fourth-order valence-corrected chi connectivity index (χ4v) is 2.03. The molecular formula is C17H15ClNO3. The normalized spacial score (nSPS) is 11.8. The molecule has 1 aromatic heterocycles. The highest BCUT2D eigenvalue weighted by atomic mass is 35.5. The Morgan fingerprint density at radius 2 is 2.05 bits per heavy atom. The molecule has 0 unspecified atom stereocenters. The Bertz CT molecular complexity index is 760. The first kappa shape index (κ1) is 16.2. The maximum atomic E-state index is 11.7. The van der Waals surface area contributed by atoms with Gasteiger partial charge in [-0.25, -0.2) is 9.78 Å². The minimum absolute atomic E-state index is 0.259. The minimum Gasteiger partial charge on any atom is -0.457 e. The van der Waals surface area contributed by atoms with Crippen LogP contribution in [0.5, 0.6) is 0 Å². The van der Waals surface area contributed by atoms with Gasteiger partial charge in [-0.3, -0.25) is 4.79 Å². The molecular weight excluding hydrogens is 302 g/mol. The largest absolute Gasteiger partial charge is 0.457 e. The summed E-state index contributed by atoms with van der Waals surface area (Å²) in [6.45, 7) is 5.34. The zero-order valence-electron chi connectivity index (χ0n) is 12.5. The number of nitrogens with zero attached hydrogens (tertiary/aromatic N) is 1. The molecule has 0 amide bonds. The third kappa shape index (κ3) is 4.15. The molecule has 1 radical (unpaired) electrons. The predicted molar refractivity (Wildman–Crippen MR) is 86.4 cm³/mol. The quantitative estimate of drug-likeness (QED) is 0.640. The molecule has 0 fully saturated rings. The summed E-state index contributed by atoms with van der Waals surface area (Å²) < 4.78 is 5.17. The van der Waals surface area contributed by atoms with Crippen LogP contribution in [0.2, 0.25) is 5.02 Å². The monoisotopic (exact) mass is 316 g/mol. The third-order valence-electron chi connectivity index (χ3n) is 2.70. The molecule has 4 nitrogen and oxygen atoms in total. The highest BCUT2D eigenvalue weighted by molar-refractivity contribution is 6.31. The first-order valence-electron chi connectivity index (χ1n) is 6.68. The Morgan fingerprint density at radius 3 is 2.68 bits per heavy atom. The molecule has 2 rings (SSSR count). The third-order valence-corrected chi connectivity index (χ3v) is 2.94. The van der Waals surface area contributed by atoms with Crippen LogP contribution in [0.3, 0.4) is 0 Å². The van der Waals surface area contributed by atoms with Crippen molar-refractivity contribution in [3.63, 3.8) is 0 Å². The second kappa shape index (κ2) is 6.28. The Morgan fingerprint density at radius 1 is 1.32 bits per heavy atom. The van der Waals surface area contributed by atoms with Gasteiger partial charge in [0.25, 0.3) is 0 Å². The molecule has 2 aromatic rings. The van der Waals surface area contributed by atoms with E-state index in [1.807, 2.05) is 6.29 Å². The number of fused-ring (bicyclic) bond motifs is 1. The molecule has 113 valence electrons. The average Bonchev–Trinajstić information content (AvgIpc) is 2.42. The molecule has 1 heterocycles. The Hall–Kier alpha value is -2.20. The number of carbonyl (C=O) groups excluding carboxylic acids is 2. The van der Waals surface area contributed by atoms with E-state index in [4.69, 9.17) is 16.3 Å². The van der Waals surface area contributed by atoms with Crippen molar-refractivity contribution >= 4 is 40.8 Å². The van der Waals surface area contributed by atoms with Crippen LogP contribution in [-0.4, -0.2) is 22.8 Å². The van der Waals surface area contributed by atoms with Crippen molar-refractivity contribution in [2.24, 2.45) is 0 Å². The summed E-state index contributed by atoms with van der Waals surface area (Å²) in [4.78, 5) is 27.1. The van der Waals surface area contributed by atoms with E-state index in [-0.39, 0.29) is 5.56 Å². The van der Waals surface area contributed by atoms with Gasteiger partial charge in [0, 0.05) is 16.5 Å². The van der Waals surface area contributed by atoms with Crippen LogP contribution in [0, 0.1) is 0 Å². The van der Waals surface area contributed by atoms with Gasteiger partial charge in [0.1, 0.15) is 5.60 Å². The number of hydrogen-bond donors (Lipinski definition) is 0. The average molecular weight is 317 g/mol. The van der Waals surface area contributed by atoms with Gasteiger partial charge in [0.2, 0.25) is 6.29 Å². The SMILES string of the molecule is CC(C)(C)OC(=O)/C=C/c1nc2ccc(Cl)cc2cc1[C]=O. The summed E-state index contributed by atoms with van der Waals surface area (Å²) >= 11 is 5.92. The summed E-state index contributed by atoms with van der Waals surface area (Å²) in [6, 6.07) is 6.81. The van der Waals surface area contributed by atoms with Gasteiger partial charge in [-0.1, -0.05) is 11.6 Å². The zero-order chi connectivity index (χ0) is 16.3. The van der Waals surface area contributed by atoms with Crippen molar-refractivity contribution < 1.29 is 14.3 Å². The lowest BCUT2D eigenvalue weighted by Gasteiger charge is -2.17.